The SMILES string of the molecule is COc1ccc(NC(=O)COc2ccccc2/C=C(/C#N)C(=O)Nc2ccc(OC)cc2)cc1. The lowest BCUT2D eigenvalue weighted by Gasteiger charge is -2.11. The van der Waals surface area contributed by atoms with E-state index in [1.54, 1.807) is 87.0 Å². The number of anilines is 2. The third kappa shape index (κ3) is 6.61. The third-order valence-electron chi connectivity index (χ3n) is 4.66. The molecule has 8 heteroatoms. The van der Waals surface area contributed by atoms with Crippen molar-refractivity contribution in [1.29, 1.82) is 5.26 Å². The summed E-state index contributed by atoms with van der Waals surface area (Å²) in [5, 5.41) is 14.9. The molecular weight excluding hydrogens is 434 g/mol. The number of carbonyl (C=O) groups is 2. The lowest BCUT2D eigenvalue weighted by atomic mass is 10.1. The Hall–Kier alpha value is -4.77. The molecule has 0 radical (unpaired) electrons. The van der Waals surface area contributed by atoms with Crippen LogP contribution in [0.3, 0.4) is 0 Å². The number of nitriles is 1. The summed E-state index contributed by atoms with van der Waals surface area (Å²) >= 11 is 0. The molecule has 34 heavy (non-hydrogen) atoms. The quantitative estimate of drug-likeness (QED) is 0.367. The second kappa shape index (κ2) is 11.7. The van der Waals surface area contributed by atoms with Crippen molar-refractivity contribution in [2.24, 2.45) is 0 Å². The number of carbonyl (C=O) groups excluding carboxylic acids is 2. The molecule has 0 aliphatic rings. The van der Waals surface area contributed by atoms with Crippen LogP contribution >= 0.6 is 0 Å². The van der Waals surface area contributed by atoms with Gasteiger partial charge >= 0.3 is 0 Å². The van der Waals surface area contributed by atoms with Crippen molar-refractivity contribution in [3.63, 3.8) is 0 Å². The minimum atomic E-state index is -0.570. The fourth-order valence-electron chi connectivity index (χ4n) is 2.92. The number of rotatable bonds is 9. The van der Waals surface area contributed by atoms with E-state index in [9.17, 15) is 14.9 Å². The van der Waals surface area contributed by atoms with Crippen LogP contribution in [0.5, 0.6) is 17.2 Å². The molecule has 2 N–H and O–H groups in total. The molecule has 0 heterocycles. The van der Waals surface area contributed by atoms with Crippen molar-refractivity contribution in [3.05, 3.63) is 83.9 Å². The molecule has 0 aliphatic carbocycles. The summed E-state index contributed by atoms with van der Waals surface area (Å²) in [7, 11) is 3.11. The van der Waals surface area contributed by atoms with E-state index in [0.29, 0.717) is 34.2 Å². The highest BCUT2D eigenvalue weighted by atomic mass is 16.5. The first-order valence-electron chi connectivity index (χ1n) is 10.3. The zero-order valence-electron chi connectivity index (χ0n) is 18.7. The number of benzene rings is 3. The Bertz CT molecular complexity index is 1210. The van der Waals surface area contributed by atoms with Gasteiger partial charge in [-0.15, -0.1) is 0 Å². The Morgan fingerprint density at radius 1 is 0.853 bits per heavy atom. The van der Waals surface area contributed by atoms with Crippen LogP contribution in [0.15, 0.2) is 78.4 Å². The predicted molar refractivity (Wildman–Crippen MR) is 129 cm³/mol. The van der Waals surface area contributed by atoms with E-state index in [1.165, 1.54) is 6.08 Å². The standard InChI is InChI=1S/C26H23N3O5/c1-32-22-11-7-20(8-12-22)28-25(30)17-34-24-6-4-3-5-18(24)15-19(16-27)26(31)29-21-9-13-23(33-2)14-10-21/h3-15H,17H2,1-2H3,(H,28,30)(H,29,31)/b19-15-. The highest BCUT2D eigenvalue weighted by Crippen LogP contribution is 2.22. The molecule has 0 atom stereocenters. The van der Waals surface area contributed by atoms with Gasteiger partial charge < -0.3 is 24.8 Å². The van der Waals surface area contributed by atoms with Crippen molar-refractivity contribution in [2.75, 3.05) is 31.5 Å². The Morgan fingerprint density at radius 2 is 1.41 bits per heavy atom. The first-order valence-corrected chi connectivity index (χ1v) is 10.3. The van der Waals surface area contributed by atoms with E-state index in [0.717, 1.165) is 0 Å². The summed E-state index contributed by atoms with van der Waals surface area (Å²) in [6, 6.07) is 22.4. The lowest BCUT2D eigenvalue weighted by molar-refractivity contribution is -0.118. The number of nitrogens with zero attached hydrogens (tertiary/aromatic N) is 1. The summed E-state index contributed by atoms with van der Waals surface area (Å²) in [6.45, 7) is -0.253. The molecule has 0 spiro atoms. The normalized spacial score (nSPS) is 10.6. The summed E-state index contributed by atoms with van der Waals surface area (Å²) in [4.78, 5) is 24.9. The maximum atomic E-state index is 12.6. The molecule has 0 bridgehead atoms. The van der Waals surface area contributed by atoms with Gasteiger partial charge in [0, 0.05) is 16.9 Å². The lowest BCUT2D eigenvalue weighted by Crippen LogP contribution is -2.20. The van der Waals surface area contributed by atoms with Crippen LogP contribution in [0.4, 0.5) is 11.4 Å². The van der Waals surface area contributed by atoms with E-state index in [1.807, 2.05) is 6.07 Å². The van der Waals surface area contributed by atoms with Crippen molar-refractivity contribution >= 4 is 29.3 Å². The number of para-hydroxylation sites is 1. The fraction of sp³-hybridized carbons (Fsp3) is 0.115. The molecule has 3 aromatic rings. The summed E-state index contributed by atoms with van der Waals surface area (Å²) in [6.07, 6.45) is 1.41. The number of nitrogens with one attached hydrogen (secondary N) is 2. The van der Waals surface area contributed by atoms with Crippen LogP contribution in [0.25, 0.3) is 6.08 Å². The van der Waals surface area contributed by atoms with Gasteiger partial charge in [0.2, 0.25) is 0 Å². The van der Waals surface area contributed by atoms with Gasteiger partial charge in [0.1, 0.15) is 28.9 Å². The number of hydrogen-bond donors (Lipinski definition) is 2. The van der Waals surface area contributed by atoms with Gasteiger partial charge in [-0.1, -0.05) is 18.2 Å². The van der Waals surface area contributed by atoms with Crippen LogP contribution in [-0.4, -0.2) is 32.6 Å². The van der Waals surface area contributed by atoms with E-state index < -0.39 is 5.91 Å². The molecule has 2 amide bonds. The van der Waals surface area contributed by atoms with E-state index in [2.05, 4.69) is 10.6 Å². The monoisotopic (exact) mass is 457 g/mol. The third-order valence-corrected chi connectivity index (χ3v) is 4.66. The topological polar surface area (TPSA) is 110 Å². The van der Waals surface area contributed by atoms with Gasteiger partial charge in [-0.3, -0.25) is 9.59 Å². The number of ether oxygens (including phenoxy) is 3. The molecule has 172 valence electrons. The zero-order chi connectivity index (χ0) is 24.3. The van der Waals surface area contributed by atoms with Crippen LogP contribution in [-0.2, 0) is 9.59 Å². The molecule has 0 unspecified atom stereocenters. The van der Waals surface area contributed by atoms with Crippen LogP contribution in [0.2, 0.25) is 0 Å². The summed E-state index contributed by atoms with van der Waals surface area (Å²) in [5.74, 6) is 0.759. The van der Waals surface area contributed by atoms with Gasteiger partial charge in [0.05, 0.1) is 14.2 Å². The second-order valence-electron chi connectivity index (χ2n) is 6.96. The number of hydrogen-bond acceptors (Lipinski definition) is 6. The molecule has 0 fully saturated rings. The molecule has 0 aliphatic heterocycles. The van der Waals surface area contributed by atoms with Gasteiger partial charge in [0.25, 0.3) is 11.8 Å². The Labute approximate surface area is 197 Å². The first-order chi connectivity index (χ1) is 16.5. The van der Waals surface area contributed by atoms with Crippen LogP contribution < -0.4 is 24.8 Å². The van der Waals surface area contributed by atoms with Crippen molar-refractivity contribution in [1.82, 2.24) is 0 Å². The van der Waals surface area contributed by atoms with Crippen molar-refractivity contribution < 1.29 is 23.8 Å². The fourth-order valence-corrected chi connectivity index (χ4v) is 2.92. The smallest absolute Gasteiger partial charge is 0.266 e. The summed E-state index contributed by atoms with van der Waals surface area (Å²) in [5.41, 5.74) is 1.49. The first kappa shape index (κ1) is 23.9. The molecule has 3 rings (SSSR count). The van der Waals surface area contributed by atoms with E-state index >= 15 is 0 Å². The Balaban J connectivity index is 1.66. The number of methoxy groups -OCH3 is 2. The summed E-state index contributed by atoms with van der Waals surface area (Å²) < 4.78 is 15.8. The Morgan fingerprint density at radius 3 is 1.97 bits per heavy atom. The minimum absolute atomic E-state index is 0.116. The molecule has 0 saturated carbocycles. The van der Waals surface area contributed by atoms with Crippen molar-refractivity contribution in [3.8, 4) is 23.3 Å². The second-order valence-corrected chi connectivity index (χ2v) is 6.96. The van der Waals surface area contributed by atoms with Gasteiger partial charge in [-0.25, -0.2) is 0 Å². The zero-order valence-corrected chi connectivity index (χ0v) is 18.7. The molecule has 0 aromatic heterocycles. The predicted octanol–water partition coefficient (Wildman–Crippen LogP) is 4.27. The van der Waals surface area contributed by atoms with E-state index in [4.69, 9.17) is 14.2 Å². The van der Waals surface area contributed by atoms with Gasteiger partial charge in [-0.2, -0.15) is 5.26 Å². The maximum absolute atomic E-state index is 12.6. The van der Waals surface area contributed by atoms with Crippen LogP contribution in [0, 0.1) is 11.3 Å². The largest absolute Gasteiger partial charge is 0.497 e. The minimum Gasteiger partial charge on any atom is -0.497 e. The Kier molecular flexibility index (Phi) is 8.25. The van der Waals surface area contributed by atoms with E-state index in [-0.39, 0.29) is 18.1 Å². The average molecular weight is 457 g/mol. The van der Waals surface area contributed by atoms with Crippen LogP contribution in [0.1, 0.15) is 5.56 Å². The molecule has 8 nitrogen and oxygen atoms in total. The molecule has 0 saturated heterocycles. The highest BCUT2D eigenvalue weighted by Gasteiger charge is 2.12. The average Bonchev–Trinajstić information content (AvgIpc) is 2.87. The van der Waals surface area contributed by atoms with Crippen molar-refractivity contribution in [2.45, 2.75) is 0 Å². The maximum Gasteiger partial charge on any atom is 0.266 e. The van der Waals surface area contributed by atoms with Gasteiger partial charge in [0.15, 0.2) is 6.61 Å². The molecule has 3 aromatic carbocycles. The van der Waals surface area contributed by atoms with Gasteiger partial charge in [-0.05, 0) is 60.7 Å². The number of amides is 2. The molecular formula is C26H23N3O5. The highest BCUT2D eigenvalue weighted by molar-refractivity contribution is 6.09.